The molecule has 0 N–H and O–H groups in total. The average Bonchev–Trinajstić information content (AvgIpc) is 3.44. The van der Waals surface area contributed by atoms with Gasteiger partial charge in [-0.05, 0) is 42.3 Å². The highest BCUT2D eigenvalue weighted by Gasteiger charge is 2.34. The summed E-state index contributed by atoms with van der Waals surface area (Å²) in [5, 5.41) is 1.87. The second-order valence-electron chi connectivity index (χ2n) is 9.47. The molecule has 2 aromatic carbocycles. The molecule has 3 aromatic rings. The number of nitrogens with zero attached hydrogens (tertiary/aromatic N) is 4. The third kappa shape index (κ3) is 4.33. The standard InChI is InChI=1S/C26H30N4O5S/c1-28-16-24(27-17-28)36(33,34)29-12-9-18(10-13-29)23(31)15-19-7-8-22-25-20(19)5-3-6-21(25)26(32)30(22)11-4-14-35-2/h3,5-8,16-18H,4,9-15H2,1-2H3. The fourth-order valence-electron chi connectivity index (χ4n) is 5.25. The van der Waals surface area contributed by atoms with Crippen molar-refractivity contribution in [2.24, 2.45) is 13.0 Å². The van der Waals surface area contributed by atoms with Crippen LogP contribution >= 0.6 is 0 Å². The number of carbonyl (C=O) groups excluding carboxylic acids is 2. The molecule has 0 aliphatic carbocycles. The van der Waals surface area contributed by atoms with Gasteiger partial charge in [0.1, 0.15) is 5.78 Å². The molecular weight excluding hydrogens is 480 g/mol. The lowest BCUT2D eigenvalue weighted by molar-refractivity contribution is -0.123. The number of rotatable bonds is 9. The quantitative estimate of drug-likeness (QED) is 0.410. The first-order valence-corrected chi connectivity index (χ1v) is 13.6. The summed E-state index contributed by atoms with van der Waals surface area (Å²) in [6, 6.07) is 9.57. The summed E-state index contributed by atoms with van der Waals surface area (Å²) in [4.78, 5) is 32.1. The smallest absolute Gasteiger partial charge is 0.262 e. The van der Waals surface area contributed by atoms with Crippen molar-refractivity contribution in [2.75, 3.05) is 38.3 Å². The Morgan fingerprint density at radius 3 is 2.64 bits per heavy atom. The van der Waals surface area contributed by atoms with Crippen LogP contribution in [0.25, 0.3) is 10.8 Å². The molecule has 1 saturated heterocycles. The molecule has 1 aromatic heterocycles. The fraction of sp³-hybridized carbons (Fsp3) is 0.423. The van der Waals surface area contributed by atoms with Gasteiger partial charge in [-0.2, -0.15) is 4.31 Å². The average molecular weight is 511 g/mol. The molecule has 0 atom stereocenters. The molecule has 2 aliphatic heterocycles. The Bertz CT molecular complexity index is 1420. The molecule has 0 saturated carbocycles. The van der Waals surface area contributed by atoms with E-state index in [1.165, 1.54) is 16.8 Å². The second kappa shape index (κ2) is 9.76. The summed E-state index contributed by atoms with van der Waals surface area (Å²) in [5.41, 5.74) is 2.45. The molecule has 9 nitrogen and oxygen atoms in total. The normalized spacial score (nSPS) is 16.8. The van der Waals surface area contributed by atoms with Crippen molar-refractivity contribution in [3.63, 3.8) is 0 Å². The Balaban J connectivity index is 1.30. The van der Waals surface area contributed by atoms with Crippen molar-refractivity contribution in [2.45, 2.75) is 30.7 Å². The summed E-state index contributed by atoms with van der Waals surface area (Å²) in [6.45, 7) is 1.75. The number of sulfonamides is 1. The lowest BCUT2D eigenvalue weighted by atomic mass is 9.88. The number of methoxy groups -OCH3 is 1. The van der Waals surface area contributed by atoms with Crippen LogP contribution in [-0.4, -0.2) is 67.3 Å². The first kappa shape index (κ1) is 24.6. The van der Waals surface area contributed by atoms with Gasteiger partial charge in [-0.25, -0.2) is 13.4 Å². The minimum Gasteiger partial charge on any atom is -0.385 e. The van der Waals surface area contributed by atoms with Gasteiger partial charge in [-0.3, -0.25) is 9.59 Å². The predicted molar refractivity (Wildman–Crippen MR) is 136 cm³/mol. The first-order valence-electron chi connectivity index (χ1n) is 12.2. The lowest BCUT2D eigenvalue weighted by Gasteiger charge is -2.30. The minimum atomic E-state index is -3.65. The zero-order valence-electron chi connectivity index (χ0n) is 20.5. The van der Waals surface area contributed by atoms with Gasteiger partial charge in [0, 0.05) is 69.9 Å². The number of aromatic nitrogens is 2. The highest BCUT2D eigenvalue weighted by atomic mass is 32.2. The van der Waals surface area contributed by atoms with Gasteiger partial charge in [0.2, 0.25) is 0 Å². The molecule has 10 heteroatoms. The van der Waals surface area contributed by atoms with Crippen LogP contribution in [0.4, 0.5) is 5.69 Å². The molecule has 0 radical (unpaired) electrons. The summed E-state index contributed by atoms with van der Waals surface area (Å²) in [7, 11) is -0.279. The van der Waals surface area contributed by atoms with Gasteiger partial charge in [0.25, 0.3) is 15.9 Å². The van der Waals surface area contributed by atoms with E-state index in [1.54, 1.807) is 23.6 Å². The molecule has 36 heavy (non-hydrogen) atoms. The minimum absolute atomic E-state index is 0.0170. The molecule has 5 rings (SSSR count). The maximum absolute atomic E-state index is 13.3. The number of hydrogen-bond donors (Lipinski definition) is 0. The van der Waals surface area contributed by atoms with E-state index in [9.17, 15) is 18.0 Å². The van der Waals surface area contributed by atoms with E-state index in [2.05, 4.69) is 4.98 Å². The van der Waals surface area contributed by atoms with Gasteiger partial charge >= 0.3 is 0 Å². The largest absolute Gasteiger partial charge is 0.385 e. The molecular formula is C26H30N4O5S. The van der Waals surface area contributed by atoms with Crippen LogP contribution in [0.15, 0.2) is 47.9 Å². The molecule has 3 heterocycles. The van der Waals surface area contributed by atoms with Gasteiger partial charge < -0.3 is 14.2 Å². The maximum Gasteiger partial charge on any atom is 0.262 e. The van der Waals surface area contributed by atoms with Crippen LogP contribution in [-0.2, 0) is 33.0 Å². The Morgan fingerprint density at radius 2 is 1.94 bits per heavy atom. The number of Topliss-reactive ketones (excluding diaryl/α,β-unsaturated/α-hetero) is 1. The summed E-state index contributed by atoms with van der Waals surface area (Å²) in [5.74, 6) is -0.112. The summed E-state index contributed by atoms with van der Waals surface area (Å²) >= 11 is 0. The van der Waals surface area contributed by atoms with E-state index < -0.39 is 10.0 Å². The van der Waals surface area contributed by atoms with Crippen molar-refractivity contribution in [3.8, 4) is 0 Å². The number of imidazole rings is 1. The second-order valence-corrected chi connectivity index (χ2v) is 11.4. The lowest BCUT2D eigenvalue weighted by Crippen LogP contribution is -2.40. The molecule has 1 fully saturated rings. The highest BCUT2D eigenvalue weighted by molar-refractivity contribution is 7.89. The Morgan fingerprint density at radius 1 is 1.17 bits per heavy atom. The zero-order valence-corrected chi connectivity index (χ0v) is 21.3. The Kier molecular flexibility index (Phi) is 6.67. The number of carbonyl (C=O) groups is 2. The van der Waals surface area contributed by atoms with Gasteiger partial charge in [-0.15, -0.1) is 0 Å². The number of ketones is 1. The van der Waals surface area contributed by atoms with Gasteiger partial charge in [0.05, 0.1) is 12.0 Å². The van der Waals surface area contributed by atoms with Crippen LogP contribution < -0.4 is 4.90 Å². The van der Waals surface area contributed by atoms with Crippen molar-refractivity contribution >= 4 is 38.2 Å². The molecule has 0 bridgehead atoms. The van der Waals surface area contributed by atoms with Crippen LogP contribution in [0.5, 0.6) is 0 Å². The van der Waals surface area contributed by atoms with Crippen LogP contribution in [0.3, 0.4) is 0 Å². The third-order valence-electron chi connectivity index (χ3n) is 7.16. The number of piperidine rings is 1. The number of aryl methyl sites for hydroxylation is 1. The van der Waals surface area contributed by atoms with E-state index in [0.29, 0.717) is 44.6 Å². The number of anilines is 1. The van der Waals surface area contributed by atoms with E-state index in [0.717, 1.165) is 28.4 Å². The number of hydrogen-bond acceptors (Lipinski definition) is 6. The first-order chi connectivity index (χ1) is 17.3. The molecule has 0 spiro atoms. The summed E-state index contributed by atoms with van der Waals surface area (Å²) < 4.78 is 33.9. The van der Waals surface area contributed by atoms with E-state index in [1.807, 2.05) is 30.3 Å². The Hall–Kier alpha value is -3.08. The van der Waals surface area contributed by atoms with E-state index in [-0.39, 0.29) is 29.1 Å². The van der Waals surface area contributed by atoms with Gasteiger partial charge in [0.15, 0.2) is 5.03 Å². The fourth-order valence-corrected chi connectivity index (χ4v) is 6.69. The number of ether oxygens (including phenoxy) is 1. The van der Waals surface area contributed by atoms with Crippen molar-refractivity contribution < 1.29 is 22.7 Å². The number of amides is 1. The van der Waals surface area contributed by atoms with Crippen molar-refractivity contribution in [3.05, 3.63) is 54.0 Å². The topological polar surface area (TPSA) is 102 Å². The van der Waals surface area contributed by atoms with Crippen LogP contribution in [0, 0.1) is 5.92 Å². The SMILES string of the molecule is COCCCN1C(=O)c2cccc3c(CC(=O)C4CCN(S(=O)(=O)c5cn(C)cn5)CC4)ccc1c23. The van der Waals surface area contributed by atoms with Crippen molar-refractivity contribution in [1.29, 1.82) is 0 Å². The predicted octanol–water partition coefficient (Wildman–Crippen LogP) is 2.78. The van der Waals surface area contributed by atoms with Crippen molar-refractivity contribution in [1.82, 2.24) is 13.9 Å². The van der Waals surface area contributed by atoms with Crippen LogP contribution in [0.1, 0.15) is 35.2 Å². The third-order valence-corrected chi connectivity index (χ3v) is 8.95. The maximum atomic E-state index is 13.3. The van der Waals surface area contributed by atoms with Crippen LogP contribution in [0.2, 0.25) is 0 Å². The Labute approximate surface area is 210 Å². The monoisotopic (exact) mass is 510 g/mol. The molecule has 1 amide bonds. The molecule has 0 unspecified atom stereocenters. The highest BCUT2D eigenvalue weighted by Crippen LogP contribution is 2.39. The number of benzene rings is 2. The van der Waals surface area contributed by atoms with Gasteiger partial charge in [-0.1, -0.05) is 18.2 Å². The molecule has 2 aliphatic rings. The summed E-state index contributed by atoms with van der Waals surface area (Å²) in [6.07, 6.45) is 4.93. The molecule has 190 valence electrons. The van der Waals surface area contributed by atoms with E-state index in [4.69, 9.17) is 4.74 Å². The van der Waals surface area contributed by atoms with E-state index >= 15 is 0 Å². The zero-order chi connectivity index (χ0) is 25.4.